The third-order valence-electron chi connectivity index (χ3n) is 2.41. The molecule has 15 heavy (non-hydrogen) atoms. The van der Waals surface area contributed by atoms with Crippen LogP contribution in [0.5, 0.6) is 0 Å². The summed E-state index contributed by atoms with van der Waals surface area (Å²) >= 11 is 1.27. The van der Waals surface area contributed by atoms with Gasteiger partial charge in [-0.25, -0.2) is 0 Å². The smallest absolute Gasteiger partial charge is 0.244 e. The van der Waals surface area contributed by atoms with E-state index in [-0.39, 0.29) is 4.74 Å². The van der Waals surface area contributed by atoms with E-state index in [2.05, 4.69) is 0 Å². The molecule has 0 radical (unpaired) electrons. The van der Waals surface area contributed by atoms with Crippen molar-refractivity contribution in [2.75, 3.05) is 0 Å². The molecule has 0 aliphatic heterocycles. The molecular formula is C12H8O2S. The van der Waals surface area contributed by atoms with Crippen LogP contribution in [0.3, 0.4) is 0 Å². The van der Waals surface area contributed by atoms with Gasteiger partial charge in [-0.1, -0.05) is 23.5 Å². The van der Waals surface area contributed by atoms with Crippen molar-refractivity contribution in [3.8, 4) is 0 Å². The third kappa shape index (κ3) is 1.20. The van der Waals surface area contributed by atoms with Crippen molar-refractivity contribution in [2.24, 2.45) is 0 Å². The minimum absolute atomic E-state index is 0.0700. The van der Waals surface area contributed by atoms with Crippen molar-refractivity contribution in [1.82, 2.24) is 0 Å². The highest BCUT2D eigenvalue weighted by atomic mass is 32.1. The van der Waals surface area contributed by atoms with Gasteiger partial charge < -0.3 is 4.42 Å². The largest absolute Gasteiger partial charge is 0.461 e. The van der Waals surface area contributed by atoms with Crippen LogP contribution in [0.2, 0.25) is 0 Å². The molecule has 74 valence electrons. The monoisotopic (exact) mass is 216 g/mol. The second kappa shape index (κ2) is 2.94. The van der Waals surface area contributed by atoms with Gasteiger partial charge in [0.25, 0.3) is 0 Å². The maximum absolute atomic E-state index is 11.8. The van der Waals surface area contributed by atoms with E-state index < -0.39 is 0 Å². The van der Waals surface area contributed by atoms with Gasteiger partial charge in [-0.05, 0) is 25.1 Å². The zero-order chi connectivity index (χ0) is 10.4. The topological polar surface area (TPSA) is 30.2 Å². The van der Waals surface area contributed by atoms with Gasteiger partial charge in [0, 0.05) is 10.1 Å². The quantitative estimate of drug-likeness (QED) is 0.577. The Kier molecular flexibility index (Phi) is 1.70. The number of rotatable bonds is 0. The molecule has 2 heterocycles. The van der Waals surface area contributed by atoms with Gasteiger partial charge in [0.05, 0.1) is 5.39 Å². The number of benzene rings is 1. The van der Waals surface area contributed by atoms with Crippen molar-refractivity contribution in [3.63, 3.8) is 0 Å². The zero-order valence-corrected chi connectivity index (χ0v) is 8.93. The maximum atomic E-state index is 11.8. The Balaban J connectivity index is 2.69. The second-order valence-corrected chi connectivity index (χ2v) is 4.50. The summed E-state index contributed by atoms with van der Waals surface area (Å²) in [5.74, 6) is 0.783. The predicted octanol–water partition coefficient (Wildman–Crippen LogP) is 3.32. The van der Waals surface area contributed by atoms with E-state index in [1.54, 1.807) is 6.07 Å². The molecule has 3 aromatic rings. The van der Waals surface area contributed by atoms with Gasteiger partial charge in [-0.15, -0.1) is 0 Å². The molecule has 0 amide bonds. The summed E-state index contributed by atoms with van der Waals surface area (Å²) in [6.45, 7) is 1.86. The number of hydrogen-bond acceptors (Lipinski definition) is 3. The normalized spacial score (nSPS) is 11.3. The summed E-state index contributed by atoms with van der Waals surface area (Å²) in [6, 6.07) is 9.62. The van der Waals surface area contributed by atoms with Crippen LogP contribution in [0.1, 0.15) is 5.76 Å². The predicted molar refractivity (Wildman–Crippen MR) is 62.6 cm³/mol. The first kappa shape index (κ1) is 8.68. The van der Waals surface area contributed by atoms with Crippen molar-refractivity contribution in [3.05, 3.63) is 45.6 Å². The van der Waals surface area contributed by atoms with E-state index in [9.17, 15) is 4.79 Å². The molecule has 2 aromatic heterocycles. The van der Waals surface area contributed by atoms with Gasteiger partial charge in [0.2, 0.25) is 4.74 Å². The van der Waals surface area contributed by atoms with Gasteiger partial charge in [0.1, 0.15) is 11.3 Å². The zero-order valence-electron chi connectivity index (χ0n) is 8.11. The Labute approximate surface area is 89.8 Å². The third-order valence-corrected chi connectivity index (χ3v) is 3.39. The van der Waals surface area contributed by atoms with Crippen LogP contribution < -0.4 is 4.74 Å². The van der Waals surface area contributed by atoms with Gasteiger partial charge in [-0.2, -0.15) is 0 Å². The van der Waals surface area contributed by atoms with Crippen LogP contribution in [0.25, 0.3) is 21.1 Å². The minimum atomic E-state index is 0.0700. The molecule has 0 atom stereocenters. The van der Waals surface area contributed by atoms with Crippen molar-refractivity contribution in [2.45, 2.75) is 6.92 Å². The standard InChI is InChI=1S/C12H8O2S/c1-7-6-9-11(14-7)8-4-2-3-5-10(8)15-12(9)13/h2-6H,1H3. The number of furan rings is 1. The fourth-order valence-corrected chi connectivity index (χ4v) is 2.64. The summed E-state index contributed by atoms with van der Waals surface area (Å²) < 4.78 is 6.61. The highest BCUT2D eigenvalue weighted by Crippen LogP contribution is 2.27. The van der Waals surface area contributed by atoms with Crippen LogP contribution in [-0.4, -0.2) is 0 Å². The van der Waals surface area contributed by atoms with E-state index in [1.807, 2.05) is 31.2 Å². The molecule has 2 nitrogen and oxygen atoms in total. The van der Waals surface area contributed by atoms with Crippen LogP contribution in [-0.2, 0) is 0 Å². The lowest BCUT2D eigenvalue weighted by molar-refractivity contribution is 0.581. The summed E-state index contributed by atoms with van der Waals surface area (Å²) in [5.41, 5.74) is 0.715. The van der Waals surface area contributed by atoms with E-state index in [1.165, 1.54) is 11.3 Å². The molecule has 0 fully saturated rings. The lowest BCUT2D eigenvalue weighted by Crippen LogP contribution is -1.92. The first-order valence-corrected chi connectivity index (χ1v) is 5.49. The molecule has 3 rings (SSSR count). The SMILES string of the molecule is Cc1cc2c(=O)sc3ccccc3c2o1. The van der Waals surface area contributed by atoms with Crippen LogP contribution >= 0.6 is 11.3 Å². The Morgan fingerprint density at radius 3 is 2.87 bits per heavy atom. The van der Waals surface area contributed by atoms with E-state index in [0.717, 1.165) is 15.8 Å². The minimum Gasteiger partial charge on any atom is -0.461 e. The fraction of sp³-hybridized carbons (Fsp3) is 0.0833. The van der Waals surface area contributed by atoms with Crippen molar-refractivity contribution < 1.29 is 4.42 Å². The molecule has 0 aliphatic rings. The van der Waals surface area contributed by atoms with Crippen molar-refractivity contribution >= 4 is 32.4 Å². The van der Waals surface area contributed by atoms with Crippen LogP contribution in [0, 0.1) is 6.92 Å². The average Bonchev–Trinajstić information content (AvgIpc) is 2.61. The highest BCUT2D eigenvalue weighted by molar-refractivity contribution is 7.16. The van der Waals surface area contributed by atoms with Crippen LogP contribution in [0.15, 0.2) is 39.5 Å². The molecule has 0 spiro atoms. The molecule has 0 unspecified atom stereocenters. The van der Waals surface area contributed by atoms with Crippen molar-refractivity contribution in [1.29, 1.82) is 0 Å². The fourth-order valence-electron chi connectivity index (χ4n) is 1.76. The maximum Gasteiger partial charge on any atom is 0.244 e. The van der Waals surface area contributed by atoms with Gasteiger partial charge >= 0.3 is 0 Å². The van der Waals surface area contributed by atoms with Crippen LogP contribution in [0.4, 0.5) is 0 Å². The first-order valence-electron chi connectivity index (χ1n) is 4.68. The average molecular weight is 216 g/mol. The first-order chi connectivity index (χ1) is 7.25. The Morgan fingerprint density at radius 1 is 1.20 bits per heavy atom. The van der Waals surface area contributed by atoms with Gasteiger partial charge in [-0.3, -0.25) is 4.79 Å². The molecule has 0 saturated carbocycles. The van der Waals surface area contributed by atoms with Gasteiger partial charge in [0.15, 0.2) is 0 Å². The molecule has 0 bridgehead atoms. The summed E-state index contributed by atoms with van der Waals surface area (Å²) in [7, 11) is 0. The summed E-state index contributed by atoms with van der Waals surface area (Å²) in [4.78, 5) is 11.8. The lowest BCUT2D eigenvalue weighted by Gasteiger charge is -1.95. The lowest BCUT2D eigenvalue weighted by atomic mass is 10.2. The molecule has 0 N–H and O–H groups in total. The molecule has 0 aliphatic carbocycles. The number of fused-ring (bicyclic) bond motifs is 3. The molecule has 0 saturated heterocycles. The Morgan fingerprint density at radius 2 is 2.00 bits per heavy atom. The Bertz CT molecular complexity index is 706. The molecular weight excluding hydrogens is 208 g/mol. The number of hydrogen-bond donors (Lipinski definition) is 0. The molecule has 3 heteroatoms. The van der Waals surface area contributed by atoms with E-state index >= 15 is 0 Å². The summed E-state index contributed by atoms with van der Waals surface area (Å²) in [6.07, 6.45) is 0. The number of aryl methyl sites for hydroxylation is 1. The van der Waals surface area contributed by atoms with E-state index in [4.69, 9.17) is 4.42 Å². The summed E-state index contributed by atoms with van der Waals surface area (Å²) in [5, 5.41) is 1.71. The highest BCUT2D eigenvalue weighted by Gasteiger charge is 2.09. The second-order valence-electron chi connectivity index (χ2n) is 3.49. The Hall–Kier alpha value is -1.61. The van der Waals surface area contributed by atoms with E-state index in [0.29, 0.717) is 11.0 Å². The molecule has 1 aromatic carbocycles.